The Kier molecular flexibility index (Phi) is 19.3. The van der Waals surface area contributed by atoms with E-state index in [0.29, 0.717) is 30.6 Å². The van der Waals surface area contributed by atoms with Gasteiger partial charge in [0, 0.05) is 19.0 Å². The van der Waals surface area contributed by atoms with E-state index in [0.717, 1.165) is 0 Å². The minimum absolute atomic E-state index is 0.00680. The Hall–Kier alpha value is -5.03. The lowest BCUT2D eigenvalue weighted by atomic mass is 9.99. The Morgan fingerprint density at radius 1 is 0.691 bits per heavy atom. The maximum absolute atomic E-state index is 14.1. The summed E-state index contributed by atoms with van der Waals surface area (Å²) in [7, 11) is 0. The van der Waals surface area contributed by atoms with Crippen molar-refractivity contribution >= 4 is 35.5 Å². The van der Waals surface area contributed by atoms with Gasteiger partial charge in [0.1, 0.15) is 36.0 Å². The number of carboxylic acids is 1. The molecule has 17 nitrogen and oxygen atoms in total. The Balaban J connectivity index is 2.37. The number of carbonyl (C=O) groups is 6. The molecule has 0 saturated carbocycles. The number of aliphatic carboxylic acids is 1. The van der Waals surface area contributed by atoms with Crippen molar-refractivity contribution in [2.75, 3.05) is 6.54 Å². The van der Waals surface area contributed by atoms with Crippen molar-refractivity contribution in [1.29, 1.82) is 0 Å². The fraction of sp³-hybridized carbons (Fsp3) is 0.605. The molecular formula is C38H61N9O8. The van der Waals surface area contributed by atoms with Gasteiger partial charge in [-0.25, -0.2) is 9.78 Å². The first kappa shape index (κ1) is 46.1. The number of carboxylic acid groups (broad SMARTS) is 1. The van der Waals surface area contributed by atoms with Crippen LogP contribution in [0.4, 0.5) is 0 Å². The predicted molar refractivity (Wildman–Crippen MR) is 206 cm³/mol. The molecule has 6 atom stereocenters. The number of phenolic OH excluding ortho intramolecular Hbond substituents is 1. The molecule has 0 spiro atoms. The molecule has 12 N–H and O–H groups in total. The number of phenols is 1. The van der Waals surface area contributed by atoms with Crippen molar-refractivity contribution < 1.29 is 39.0 Å². The van der Waals surface area contributed by atoms with E-state index in [2.05, 4.69) is 36.6 Å². The normalized spacial score (nSPS) is 14.7. The first-order valence-electron chi connectivity index (χ1n) is 18.9. The number of carbonyl (C=O) groups excluding carboxylic acids is 5. The summed E-state index contributed by atoms with van der Waals surface area (Å²) in [6.07, 6.45) is 4.50. The molecule has 0 aliphatic heterocycles. The zero-order valence-corrected chi connectivity index (χ0v) is 32.8. The number of aromatic hydroxyl groups is 1. The topological polar surface area (TPSA) is 284 Å². The highest BCUT2D eigenvalue weighted by molar-refractivity contribution is 5.96. The number of hydrogen-bond donors (Lipinski definition) is 10. The lowest BCUT2D eigenvalue weighted by Crippen LogP contribution is -2.60. The number of amides is 5. The van der Waals surface area contributed by atoms with Crippen LogP contribution in [0.15, 0.2) is 36.8 Å². The lowest BCUT2D eigenvalue weighted by molar-refractivity contribution is -0.142. The summed E-state index contributed by atoms with van der Waals surface area (Å²) in [5.74, 6) is -4.90. The number of aromatic amines is 1. The van der Waals surface area contributed by atoms with E-state index in [1.165, 1.54) is 18.5 Å². The predicted octanol–water partition coefficient (Wildman–Crippen LogP) is 0.614. The molecule has 0 saturated heterocycles. The van der Waals surface area contributed by atoms with Gasteiger partial charge in [0.05, 0.1) is 18.1 Å². The van der Waals surface area contributed by atoms with Crippen LogP contribution in [0.5, 0.6) is 5.75 Å². The van der Waals surface area contributed by atoms with E-state index in [1.807, 2.05) is 27.7 Å². The molecule has 2 aromatic rings. The van der Waals surface area contributed by atoms with Gasteiger partial charge >= 0.3 is 5.97 Å². The maximum atomic E-state index is 14.1. The summed E-state index contributed by atoms with van der Waals surface area (Å²) in [6.45, 7) is 11.3. The van der Waals surface area contributed by atoms with E-state index >= 15 is 0 Å². The van der Waals surface area contributed by atoms with Gasteiger partial charge in [-0.1, -0.05) is 53.7 Å². The molecule has 2 rings (SSSR count). The van der Waals surface area contributed by atoms with Crippen molar-refractivity contribution in [3.8, 4) is 5.75 Å². The minimum Gasteiger partial charge on any atom is -0.508 e. The molecule has 306 valence electrons. The Morgan fingerprint density at radius 2 is 1.16 bits per heavy atom. The number of hydrogen-bond acceptors (Lipinski definition) is 10. The molecule has 1 aromatic carbocycles. The summed E-state index contributed by atoms with van der Waals surface area (Å²) in [6, 6.07) is -0.684. The van der Waals surface area contributed by atoms with Gasteiger partial charge in [-0.15, -0.1) is 0 Å². The first-order chi connectivity index (χ1) is 25.9. The van der Waals surface area contributed by atoms with Gasteiger partial charge in [-0.05, 0) is 74.1 Å². The van der Waals surface area contributed by atoms with Crippen molar-refractivity contribution in [1.82, 2.24) is 36.6 Å². The molecule has 0 fully saturated rings. The summed E-state index contributed by atoms with van der Waals surface area (Å²) in [5.41, 5.74) is 12.7. The number of unbranched alkanes of at least 4 members (excludes halogenated alkanes) is 1. The van der Waals surface area contributed by atoms with Gasteiger partial charge in [-0.2, -0.15) is 0 Å². The zero-order chi connectivity index (χ0) is 41.2. The van der Waals surface area contributed by atoms with Crippen LogP contribution in [0.3, 0.4) is 0 Å². The molecule has 0 unspecified atom stereocenters. The van der Waals surface area contributed by atoms with Crippen LogP contribution in [0.2, 0.25) is 0 Å². The summed E-state index contributed by atoms with van der Waals surface area (Å²) < 4.78 is 0. The number of rotatable bonds is 24. The smallest absolute Gasteiger partial charge is 0.326 e. The van der Waals surface area contributed by atoms with Crippen LogP contribution in [0.25, 0.3) is 0 Å². The van der Waals surface area contributed by atoms with Crippen LogP contribution in [-0.2, 0) is 41.6 Å². The Labute approximate surface area is 322 Å². The summed E-state index contributed by atoms with van der Waals surface area (Å²) in [4.78, 5) is 87.2. The number of aromatic nitrogens is 2. The van der Waals surface area contributed by atoms with Crippen LogP contribution in [-0.4, -0.2) is 98.5 Å². The van der Waals surface area contributed by atoms with E-state index in [1.54, 1.807) is 32.2 Å². The number of nitrogens with zero attached hydrogens (tertiary/aromatic N) is 1. The number of H-pyrrole nitrogens is 1. The standard InChI is InChI=1S/C38H61N9O8/c1-21(2)15-28(33(49)43-27(38(54)55)9-7-8-14-39)44-34(50)29(16-22(3)4)45-36(52)31(18-25-19-41-20-42-25)46-35(51)30(47-37(53)32(40)23(5)6)17-24-10-12-26(48)13-11-24/h10-13,19-23,27-32,48H,7-9,14-18,39-40H2,1-6H3,(H,41,42)(H,43,49)(H,44,50)(H,45,52)(H,46,51)(H,47,53)(H,54,55)/t27-,28-,29-,30-,31-,32-/m0/s1. The van der Waals surface area contributed by atoms with Crippen LogP contribution in [0, 0.1) is 17.8 Å². The van der Waals surface area contributed by atoms with Crippen molar-refractivity contribution in [3.05, 3.63) is 48.0 Å². The minimum atomic E-state index is -1.27. The fourth-order valence-electron chi connectivity index (χ4n) is 5.71. The second kappa shape index (κ2) is 23.0. The molecule has 1 heterocycles. The largest absolute Gasteiger partial charge is 0.508 e. The number of imidazole rings is 1. The van der Waals surface area contributed by atoms with E-state index in [-0.39, 0.29) is 55.6 Å². The van der Waals surface area contributed by atoms with Crippen LogP contribution in [0.1, 0.15) is 84.9 Å². The van der Waals surface area contributed by atoms with Crippen LogP contribution < -0.4 is 38.1 Å². The van der Waals surface area contributed by atoms with Gasteiger partial charge in [0.2, 0.25) is 29.5 Å². The van der Waals surface area contributed by atoms with Crippen molar-refractivity contribution in [2.24, 2.45) is 29.2 Å². The molecule has 17 heteroatoms. The SMILES string of the molecule is CC(C)C[C@H](NC(=O)[C@H](CC(C)C)NC(=O)[C@H](Cc1c[nH]cn1)NC(=O)[C@H](Cc1ccc(O)cc1)NC(=O)[C@@H](N)C(C)C)C(=O)N[C@@H](CCCCN)C(=O)O. The third kappa shape index (κ3) is 16.5. The highest BCUT2D eigenvalue weighted by Gasteiger charge is 2.34. The lowest BCUT2D eigenvalue weighted by Gasteiger charge is -2.28. The quantitative estimate of drug-likeness (QED) is 0.0660. The van der Waals surface area contributed by atoms with Gasteiger partial charge in [0.15, 0.2) is 0 Å². The summed E-state index contributed by atoms with van der Waals surface area (Å²) in [5, 5.41) is 32.9. The Bertz CT molecular complexity index is 1530. The molecule has 0 aliphatic rings. The van der Waals surface area contributed by atoms with E-state index < -0.39 is 71.8 Å². The highest BCUT2D eigenvalue weighted by Crippen LogP contribution is 2.14. The van der Waals surface area contributed by atoms with Crippen molar-refractivity contribution in [3.63, 3.8) is 0 Å². The molecule has 0 aliphatic carbocycles. The monoisotopic (exact) mass is 771 g/mol. The van der Waals surface area contributed by atoms with Crippen LogP contribution >= 0.6 is 0 Å². The fourth-order valence-corrected chi connectivity index (χ4v) is 5.71. The van der Waals surface area contributed by atoms with Crippen molar-refractivity contribution in [2.45, 2.75) is 123 Å². The highest BCUT2D eigenvalue weighted by atomic mass is 16.4. The van der Waals surface area contributed by atoms with E-state index in [9.17, 15) is 39.0 Å². The molecular weight excluding hydrogens is 710 g/mol. The molecule has 5 amide bonds. The average Bonchev–Trinajstić information content (AvgIpc) is 3.63. The first-order valence-corrected chi connectivity index (χ1v) is 18.9. The van der Waals surface area contributed by atoms with Gasteiger partial charge in [-0.3, -0.25) is 24.0 Å². The molecule has 1 aromatic heterocycles. The van der Waals surface area contributed by atoms with Gasteiger partial charge in [0.25, 0.3) is 0 Å². The third-order valence-corrected chi connectivity index (χ3v) is 8.87. The molecule has 0 bridgehead atoms. The number of benzene rings is 1. The molecule has 55 heavy (non-hydrogen) atoms. The number of nitrogens with two attached hydrogens (primary N) is 2. The molecule has 0 radical (unpaired) electrons. The average molecular weight is 772 g/mol. The second-order valence-corrected chi connectivity index (χ2v) is 15.1. The van der Waals surface area contributed by atoms with Gasteiger partial charge < -0.3 is 53.2 Å². The Morgan fingerprint density at radius 3 is 1.62 bits per heavy atom. The van der Waals surface area contributed by atoms with E-state index in [4.69, 9.17) is 11.5 Å². The number of nitrogens with one attached hydrogen (secondary N) is 6. The third-order valence-electron chi connectivity index (χ3n) is 8.87. The zero-order valence-electron chi connectivity index (χ0n) is 32.8. The summed E-state index contributed by atoms with van der Waals surface area (Å²) >= 11 is 0. The second-order valence-electron chi connectivity index (χ2n) is 15.1. The maximum Gasteiger partial charge on any atom is 0.326 e.